The third-order valence-corrected chi connectivity index (χ3v) is 4.74. The lowest BCUT2D eigenvalue weighted by Crippen LogP contribution is -2.21. The highest BCUT2D eigenvalue weighted by Gasteiger charge is 2.24. The fourth-order valence-electron chi connectivity index (χ4n) is 3.25. The van der Waals surface area contributed by atoms with Crippen molar-refractivity contribution < 1.29 is 24.0 Å². The van der Waals surface area contributed by atoms with Crippen LogP contribution in [0.1, 0.15) is 40.5 Å². The number of ketones is 1. The number of nitrogens with one attached hydrogen (secondary N) is 1. The summed E-state index contributed by atoms with van der Waals surface area (Å²) in [6.45, 7) is 2.31. The van der Waals surface area contributed by atoms with Gasteiger partial charge in [0.15, 0.2) is 12.4 Å². The first-order chi connectivity index (χ1) is 14.3. The Bertz CT molecular complexity index is 998. The quantitative estimate of drug-likeness (QED) is 0.322. The maximum absolute atomic E-state index is 12.3. The van der Waals surface area contributed by atoms with Gasteiger partial charge in [-0.3, -0.25) is 19.7 Å². The maximum atomic E-state index is 12.3. The Kier molecular flexibility index (Phi) is 6.41. The monoisotopic (exact) mass is 411 g/mol. The molecule has 0 saturated carbocycles. The van der Waals surface area contributed by atoms with Crippen molar-refractivity contribution in [3.8, 4) is 0 Å². The number of nitro benzene ring substituents is 1. The van der Waals surface area contributed by atoms with Crippen molar-refractivity contribution in [1.82, 2.24) is 0 Å². The van der Waals surface area contributed by atoms with Crippen molar-refractivity contribution in [2.45, 2.75) is 19.8 Å². The van der Waals surface area contributed by atoms with Crippen LogP contribution in [0.15, 0.2) is 42.5 Å². The average molecular weight is 411 g/mol. The van der Waals surface area contributed by atoms with E-state index in [-0.39, 0.29) is 17.0 Å². The lowest BCUT2D eigenvalue weighted by atomic mass is 10.1. The Labute approximate surface area is 172 Å². The minimum Gasteiger partial charge on any atom is -0.452 e. The molecule has 2 aromatic carbocycles. The number of benzene rings is 2. The van der Waals surface area contributed by atoms with Crippen LogP contribution in [0.4, 0.5) is 17.1 Å². The van der Waals surface area contributed by atoms with E-state index in [0.29, 0.717) is 16.9 Å². The molecule has 1 heterocycles. The van der Waals surface area contributed by atoms with Crippen LogP contribution in [0, 0.1) is 10.1 Å². The van der Waals surface area contributed by atoms with Gasteiger partial charge in [0.2, 0.25) is 0 Å². The molecule has 1 N–H and O–H groups in total. The molecular weight excluding hydrogens is 390 g/mol. The van der Waals surface area contributed by atoms with Gasteiger partial charge in [-0.1, -0.05) is 12.1 Å². The van der Waals surface area contributed by atoms with Gasteiger partial charge in [0, 0.05) is 30.4 Å². The largest absolute Gasteiger partial charge is 0.452 e. The van der Waals surface area contributed by atoms with Gasteiger partial charge < -0.3 is 15.0 Å². The third kappa shape index (κ3) is 4.99. The van der Waals surface area contributed by atoms with Crippen LogP contribution in [0.5, 0.6) is 0 Å². The Balaban J connectivity index is 1.63. The molecule has 30 heavy (non-hydrogen) atoms. The van der Waals surface area contributed by atoms with Crippen molar-refractivity contribution in [2.75, 3.05) is 29.9 Å². The Morgan fingerprint density at radius 1 is 1.10 bits per heavy atom. The van der Waals surface area contributed by atoms with Gasteiger partial charge in [-0.25, -0.2) is 4.79 Å². The molecule has 156 valence electrons. The van der Waals surface area contributed by atoms with Gasteiger partial charge >= 0.3 is 5.97 Å². The summed E-state index contributed by atoms with van der Waals surface area (Å²) in [5.41, 5.74) is 1.13. The second-order valence-corrected chi connectivity index (χ2v) is 6.92. The minimum atomic E-state index is -0.835. The zero-order chi connectivity index (χ0) is 21.7. The van der Waals surface area contributed by atoms with Gasteiger partial charge in [0.1, 0.15) is 5.69 Å². The molecular formula is C21H21N3O6. The van der Waals surface area contributed by atoms with E-state index in [9.17, 15) is 24.5 Å². The fourth-order valence-corrected chi connectivity index (χ4v) is 3.25. The number of esters is 1. The minimum absolute atomic E-state index is 0.00368. The Morgan fingerprint density at radius 3 is 2.50 bits per heavy atom. The van der Waals surface area contributed by atoms with E-state index >= 15 is 0 Å². The lowest BCUT2D eigenvalue weighted by molar-refractivity contribution is -0.384. The van der Waals surface area contributed by atoms with Gasteiger partial charge in [-0.15, -0.1) is 0 Å². The Hall–Kier alpha value is -3.75. The van der Waals surface area contributed by atoms with Crippen molar-refractivity contribution in [3.05, 3.63) is 63.7 Å². The number of hydrogen-bond donors (Lipinski definition) is 1. The highest BCUT2D eigenvalue weighted by atomic mass is 16.6. The van der Waals surface area contributed by atoms with Gasteiger partial charge in [-0.05, 0) is 44.0 Å². The number of hydrogen-bond acceptors (Lipinski definition) is 7. The highest BCUT2D eigenvalue weighted by Crippen LogP contribution is 2.31. The molecule has 0 aromatic heterocycles. The van der Waals surface area contributed by atoms with E-state index in [0.717, 1.165) is 25.9 Å². The number of carbonyl (C=O) groups is 3. The zero-order valence-electron chi connectivity index (χ0n) is 16.4. The molecule has 1 fully saturated rings. The molecule has 0 aliphatic carbocycles. The van der Waals surface area contributed by atoms with Crippen molar-refractivity contribution in [1.29, 1.82) is 0 Å². The molecule has 1 saturated heterocycles. The Morgan fingerprint density at radius 2 is 1.83 bits per heavy atom. The second-order valence-electron chi connectivity index (χ2n) is 6.92. The SMILES string of the molecule is CC(=O)c1cccc(NC(=O)COC(=O)c2ccc(N3CCCC3)c([N+](=O)[O-])c2)c1. The van der Waals surface area contributed by atoms with Gasteiger partial charge in [0.25, 0.3) is 11.6 Å². The summed E-state index contributed by atoms with van der Waals surface area (Å²) in [5.74, 6) is -1.57. The second kappa shape index (κ2) is 9.17. The molecule has 0 atom stereocenters. The number of anilines is 2. The highest BCUT2D eigenvalue weighted by molar-refractivity contribution is 5.98. The smallest absolute Gasteiger partial charge is 0.338 e. The summed E-state index contributed by atoms with van der Waals surface area (Å²) in [6, 6.07) is 10.5. The summed E-state index contributed by atoms with van der Waals surface area (Å²) < 4.78 is 4.99. The number of nitrogens with zero attached hydrogens (tertiary/aromatic N) is 2. The zero-order valence-corrected chi connectivity index (χ0v) is 16.4. The first-order valence-corrected chi connectivity index (χ1v) is 9.46. The first-order valence-electron chi connectivity index (χ1n) is 9.46. The fraction of sp³-hybridized carbons (Fsp3) is 0.286. The maximum Gasteiger partial charge on any atom is 0.338 e. The molecule has 0 unspecified atom stereocenters. The number of carbonyl (C=O) groups excluding carboxylic acids is 3. The molecule has 9 heteroatoms. The predicted octanol–water partition coefficient (Wildman–Crippen LogP) is 3.19. The topological polar surface area (TPSA) is 119 Å². The molecule has 1 amide bonds. The third-order valence-electron chi connectivity index (χ3n) is 4.74. The van der Waals surface area contributed by atoms with E-state index in [1.54, 1.807) is 18.2 Å². The van der Waals surface area contributed by atoms with Crippen LogP contribution < -0.4 is 10.2 Å². The molecule has 0 bridgehead atoms. The lowest BCUT2D eigenvalue weighted by Gasteiger charge is -2.17. The molecule has 0 radical (unpaired) electrons. The molecule has 9 nitrogen and oxygen atoms in total. The van der Waals surface area contributed by atoms with E-state index in [4.69, 9.17) is 4.74 Å². The molecule has 0 spiro atoms. The van der Waals surface area contributed by atoms with Gasteiger partial charge in [-0.2, -0.15) is 0 Å². The first kappa shape index (κ1) is 21.0. The predicted molar refractivity (Wildman–Crippen MR) is 110 cm³/mol. The summed E-state index contributed by atoms with van der Waals surface area (Å²) in [6.07, 6.45) is 1.93. The van der Waals surface area contributed by atoms with E-state index in [1.807, 2.05) is 4.90 Å². The van der Waals surface area contributed by atoms with Crippen LogP contribution in [0.25, 0.3) is 0 Å². The van der Waals surface area contributed by atoms with E-state index in [2.05, 4.69) is 5.32 Å². The normalized spacial score (nSPS) is 13.0. The van der Waals surface area contributed by atoms with Crippen LogP contribution in [-0.4, -0.2) is 42.3 Å². The van der Waals surface area contributed by atoms with Crippen molar-refractivity contribution in [2.24, 2.45) is 0 Å². The number of ether oxygens (including phenoxy) is 1. The molecule has 2 aromatic rings. The number of rotatable bonds is 7. The summed E-state index contributed by atoms with van der Waals surface area (Å²) in [7, 11) is 0. The standard InChI is InChI=1S/C21H21N3O6/c1-14(25)15-5-4-6-17(11-15)22-20(26)13-30-21(27)16-7-8-18(19(12-16)24(28)29)23-9-2-3-10-23/h4-8,11-12H,2-3,9-10,13H2,1H3,(H,22,26). The summed E-state index contributed by atoms with van der Waals surface area (Å²) in [4.78, 5) is 48.5. The van der Waals surface area contributed by atoms with Crippen molar-refractivity contribution in [3.63, 3.8) is 0 Å². The van der Waals surface area contributed by atoms with Crippen LogP contribution in [-0.2, 0) is 9.53 Å². The van der Waals surface area contributed by atoms with Crippen LogP contribution >= 0.6 is 0 Å². The molecule has 1 aliphatic heterocycles. The molecule has 3 rings (SSSR count). The summed E-state index contributed by atoms with van der Waals surface area (Å²) >= 11 is 0. The molecule has 1 aliphatic rings. The van der Waals surface area contributed by atoms with Crippen LogP contribution in [0.2, 0.25) is 0 Å². The number of Topliss-reactive ketones (excluding diaryl/α,β-unsaturated/α-hetero) is 1. The van der Waals surface area contributed by atoms with Crippen LogP contribution in [0.3, 0.4) is 0 Å². The van der Waals surface area contributed by atoms with E-state index < -0.39 is 23.4 Å². The number of nitro groups is 1. The average Bonchev–Trinajstić information content (AvgIpc) is 3.26. The van der Waals surface area contributed by atoms with Gasteiger partial charge in [0.05, 0.1) is 10.5 Å². The number of amides is 1. The van der Waals surface area contributed by atoms with E-state index in [1.165, 1.54) is 31.2 Å². The summed E-state index contributed by atoms with van der Waals surface area (Å²) in [5, 5.41) is 14.0. The van der Waals surface area contributed by atoms with Crippen molar-refractivity contribution >= 4 is 34.7 Å².